The van der Waals surface area contributed by atoms with Gasteiger partial charge in [-0.2, -0.15) is 0 Å². The van der Waals surface area contributed by atoms with Gasteiger partial charge in [0.25, 0.3) is 0 Å². The molecule has 0 bridgehead atoms. The highest BCUT2D eigenvalue weighted by Gasteiger charge is 2.48. The number of nitrogens with one attached hydrogen (secondary N) is 1. The largest absolute Gasteiger partial charge is 0.347 e. The van der Waals surface area contributed by atoms with E-state index in [9.17, 15) is 9.18 Å². The molecule has 4 rings (SSSR count). The number of amides is 1. The van der Waals surface area contributed by atoms with Crippen molar-refractivity contribution in [2.24, 2.45) is 11.8 Å². The molecule has 126 valence electrons. The molecule has 0 spiro atoms. The minimum atomic E-state index is -0.244. The van der Waals surface area contributed by atoms with Crippen LogP contribution >= 0.6 is 0 Å². The van der Waals surface area contributed by atoms with Crippen LogP contribution in [0.1, 0.15) is 24.2 Å². The molecule has 2 fully saturated rings. The van der Waals surface area contributed by atoms with Crippen LogP contribution in [-0.4, -0.2) is 45.3 Å². The van der Waals surface area contributed by atoms with Gasteiger partial charge in [-0.3, -0.25) is 9.69 Å². The molecule has 1 amide bonds. The first-order valence-electron chi connectivity index (χ1n) is 8.34. The van der Waals surface area contributed by atoms with Gasteiger partial charge < -0.3 is 9.88 Å². The third-order valence-electron chi connectivity index (χ3n) is 5.28. The van der Waals surface area contributed by atoms with E-state index in [-0.39, 0.29) is 17.8 Å². The highest BCUT2D eigenvalue weighted by Crippen LogP contribution is 2.45. The normalized spacial score (nSPS) is 26.8. The lowest BCUT2D eigenvalue weighted by atomic mass is 9.89. The number of aromatic nitrogens is 2. The summed E-state index contributed by atoms with van der Waals surface area (Å²) in [6, 6.07) is 6.65. The van der Waals surface area contributed by atoms with Gasteiger partial charge in [-0.1, -0.05) is 12.1 Å². The first-order chi connectivity index (χ1) is 11.6. The molecule has 3 heterocycles. The van der Waals surface area contributed by atoms with Crippen LogP contribution in [0, 0.1) is 17.7 Å². The van der Waals surface area contributed by atoms with Crippen LogP contribution in [0.4, 0.5) is 4.39 Å². The Kier molecular flexibility index (Phi) is 3.84. The second-order valence-corrected chi connectivity index (χ2v) is 6.87. The van der Waals surface area contributed by atoms with E-state index in [0.29, 0.717) is 11.8 Å². The minimum absolute atomic E-state index is 0.0324. The number of aromatic amines is 1. The number of imidazole rings is 1. The summed E-state index contributed by atoms with van der Waals surface area (Å²) in [6.45, 7) is 5.06. The van der Waals surface area contributed by atoms with Crippen molar-refractivity contribution in [3.63, 3.8) is 0 Å². The molecule has 1 N–H and O–H groups in total. The topological polar surface area (TPSA) is 52.2 Å². The van der Waals surface area contributed by atoms with Gasteiger partial charge in [-0.05, 0) is 23.6 Å². The highest BCUT2D eigenvalue weighted by atomic mass is 19.1. The van der Waals surface area contributed by atoms with E-state index in [0.717, 1.165) is 37.4 Å². The maximum absolute atomic E-state index is 13.7. The number of H-pyrrole nitrogens is 1. The Balaban J connectivity index is 1.57. The Bertz CT molecular complexity index is 732. The predicted octanol–water partition coefficient (Wildman–Crippen LogP) is 2.20. The number of rotatable bonds is 3. The number of nitrogens with zero attached hydrogens (tertiary/aromatic N) is 3. The molecule has 2 aromatic rings. The fraction of sp³-hybridized carbons (Fsp3) is 0.444. The summed E-state index contributed by atoms with van der Waals surface area (Å²) in [5.74, 6) is 0.606. The quantitative estimate of drug-likeness (QED) is 0.940. The van der Waals surface area contributed by atoms with Gasteiger partial charge in [0.2, 0.25) is 5.91 Å². The Hall–Kier alpha value is -2.21. The van der Waals surface area contributed by atoms with Crippen molar-refractivity contribution in [1.82, 2.24) is 19.8 Å². The zero-order valence-electron chi connectivity index (χ0n) is 13.7. The Morgan fingerprint density at radius 2 is 2.25 bits per heavy atom. The molecule has 2 aliphatic heterocycles. The monoisotopic (exact) mass is 328 g/mol. The molecule has 1 aromatic carbocycles. The number of carbonyl (C=O) groups is 1. The molecule has 0 saturated carbocycles. The number of hydrogen-bond donors (Lipinski definition) is 1. The van der Waals surface area contributed by atoms with Crippen LogP contribution < -0.4 is 0 Å². The first kappa shape index (κ1) is 15.3. The van der Waals surface area contributed by atoms with Crippen molar-refractivity contribution in [3.05, 3.63) is 53.9 Å². The Morgan fingerprint density at radius 3 is 2.96 bits per heavy atom. The molecule has 0 unspecified atom stereocenters. The van der Waals surface area contributed by atoms with Gasteiger partial charge in [-0.25, -0.2) is 9.37 Å². The maximum Gasteiger partial charge on any atom is 0.219 e. The van der Waals surface area contributed by atoms with Gasteiger partial charge in [0.15, 0.2) is 0 Å². The van der Waals surface area contributed by atoms with Crippen LogP contribution in [0.5, 0.6) is 0 Å². The van der Waals surface area contributed by atoms with Gasteiger partial charge in [0.05, 0.1) is 12.4 Å². The summed E-state index contributed by atoms with van der Waals surface area (Å²) in [7, 11) is 0. The number of fused-ring (bicyclic) bond motifs is 1. The summed E-state index contributed by atoms with van der Waals surface area (Å²) >= 11 is 0. The Labute approximate surface area is 140 Å². The molecular formula is C18H21FN4O. The lowest BCUT2D eigenvalue weighted by Gasteiger charge is -2.29. The van der Waals surface area contributed by atoms with Crippen LogP contribution in [-0.2, 0) is 11.3 Å². The van der Waals surface area contributed by atoms with Crippen molar-refractivity contribution in [2.45, 2.75) is 19.5 Å². The average Bonchev–Trinajstić information content (AvgIpc) is 3.23. The van der Waals surface area contributed by atoms with Crippen LogP contribution in [0.25, 0.3) is 0 Å². The van der Waals surface area contributed by atoms with Crippen LogP contribution in [0.3, 0.4) is 0 Å². The smallest absolute Gasteiger partial charge is 0.219 e. The highest BCUT2D eigenvalue weighted by molar-refractivity contribution is 5.74. The zero-order chi connectivity index (χ0) is 16.7. The van der Waals surface area contributed by atoms with E-state index in [1.54, 1.807) is 25.4 Å². The van der Waals surface area contributed by atoms with Crippen molar-refractivity contribution in [3.8, 4) is 0 Å². The lowest BCUT2D eigenvalue weighted by molar-refractivity contribution is -0.130. The van der Waals surface area contributed by atoms with Crippen molar-refractivity contribution in [2.75, 3.05) is 19.6 Å². The minimum Gasteiger partial charge on any atom is -0.347 e. The number of likely N-dealkylation sites (tertiary alicyclic amines) is 2. The Morgan fingerprint density at radius 1 is 1.38 bits per heavy atom. The third kappa shape index (κ3) is 2.71. The number of benzene rings is 1. The van der Waals surface area contributed by atoms with Crippen molar-refractivity contribution >= 4 is 5.91 Å². The van der Waals surface area contributed by atoms with E-state index in [1.807, 2.05) is 17.2 Å². The summed E-state index contributed by atoms with van der Waals surface area (Å²) in [5.41, 5.74) is 2.00. The molecule has 2 saturated heterocycles. The van der Waals surface area contributed by atoms with Crippen molar-refractivity contribution in [1.29, 1.82) is 0 Å². The average molecular weight is 328 g/mol. The fourth-order valence-electron chi connectivity index (χ4n) is 4.32. The molecule has 5 nitrogen and oxygen atoms in total. The van der Waals surface area contributed by atoms with Crippen LogP contribution in [0.15, 0.2) is 36.8 Å². The van der Waals surface area contributed by atoms with Gasteiger partial charge >= 0.3 is 0 Å². The van der Waals surface area contributed by atoms with E-state index >= 15 is 0 Å². The van der Waals surface area contributed by atoms with E-state index < -0.39 is 0 Å². The van der Waals surface area contributed by atoms with E-state index in [4.69, 9.17) is 0 Å². The second-order valence-electron chi connectivity index (χ2n) is 6.87. The number of carbonyl (C=O) groups excluding carboxylic acids is 1. The molecule has 6 heteroatoms. The standard InChI is InChI=1S/C18H21FN4O/c1-12(24)23-8-14-7-22(9-16-6-20-11-21-16)10-17(14)18(23)13-3-2-4-15(19)5-13/h2-6,11,14,17-18H,7-10H2,1H3,(H,20,21)/t14-,17-,18+/m1/s1. The summed E-state index contributed by atoms with van der Waals surface area (Å²) in [6.07, 6.45) is 3.54. The molecule has 2 aliphatic rings. The first-order valence-corrected chi connectivity index (χ1v) is 8.34. The maximum atomic E-state index is 13.7. The molecule has 1 aromatic heterocycles. The predicted molar refractivity (Wildman–Crippen MR) is 87.4 cm³/mol. The third-order valence-corrected chi connectivity index (χ3v) is 5.28. The molecule has 24 heavy (non-hydrogen) atoms. The van der Waals surface area contributed by atoms with Gasteiger partial charge in [-0.15, -0.1) is 0 Å². The van der Waals surface area contributed by atoms with Gasteiger partial charge in [0.1, 0.15) is 5.82 Å². The lowest BCUT2D eigenvalue weighted by Crippen LogP contribution is -2.34. The van der Waals surface area contributed by atoms with E-state index in [2.05, 4.69) is 14.9 Å². The summed E-state index contributed by atoms with van der Waals surface area (Å²) < 4.78 is 13.7. The van der Waals surface area contributed by atoms with Crippen LogP contribution in [0.2, 0.25) is 0 Å². The van der Waals surface area contributed by atoms with Gasteiger partial charge in [0, 0.05) is 50.9 Å². The number of hydrogen-bond acceptors (Lipinski definition) is 3. The molecular weight excluding hydrogens is 307 g/mol. The molecule has 0 radical (unpaired) electrons. The van der Waals surface area contributed by atoms with E-state index in [1.165, 1.54) is 6.07 Å². The SMILES string of the molecule is CC(=O)N1C[C@H]2CN(Cc3cnc[nH]3)C[C@H]2[C@@H]1c1cccc(F)c1. The fourth-order valence-corrected chi connectivity index (χ4v) is 4.32. The second kappa shape index (κ2) is 6.02. The summed E-state index contributed by atoms with van der Waals surface area (Å²) in [5, 5.41) is 0. The summed E-state index contributed by atoms with van der Waals surface area (Å²) in [4.78, 5) is 23.6. The molecule has 0 aliphatic carbocycles. The number of halogens is 1. The molecule has 3 atom stereocenters. The zero-order valence-corrected chi connectivity index (χ0v) is 13.7. The van der Waals surface area contributed by atoms with Crippen molar-refractivity contribution < 1.29 is 9.18 Å².